The predicted octanol–water partition coefficient (Wildman–Crippen LogP) is 5.22. The first-order valence-electron chi connectivity index (χ1n) is 9.44. The van der Waals surface area contributed by atoms with Crippen molar-refractivity contribution in [1.82, 2.24) is 9.97 Å². The molecule has 0 saturated carbocycles. The normalized spacial score (nSPS) is 11.6. The summed E-state index contributed by atoms with van der Waals surface area (Å²) >= 11 is 0. The minimum absolute atomic E-state index is 0.926. The smallest absolute Gasteiger partial charge is 0.0994 e. The SMILES string of the molecule is CN(C)c1ccc2ccc3nc4c(ccc5ccccc54)nc3c2c1N(C)C. The van der Waals surface area contributed by atoms with Crippen LogP contribution < -0.4 is 9.80 Å². The molecule has 1 aromatic heterocycles. The van der Waals surface area contributed by atoms with Gasteiger partial charge in [-0.2, -0.15) is 0 Å². The van der Waals surface area contributed by atoms with E-state index >= 15 is 0 Å². The Bertz CT molecular complexity index is 1370. The van der Waals surface area contributed by atoms with Gasteiger partial charge in [-0.1, -0.05) is 42.5 Å². The molecule has 28 heavy (non-hydrogen) atoms. The summed E-state index contributed by atoms with van der Waals surface area (Å²) in [4.78, 5) is 14.4. The summed E-state index contributed by atoms with van der Waals surface area (Å²) in [6.07, 6.45) is 0. The Labute approximate surface area is 164 Å². The average Bonchev–Trinajstić information content (AvgIpc) is 2.71. The van der Waals surface area contributed by atoms with Crippen LogP contribution in [0.3, 0.4) is 0 Å². The molecule has 0 atom stereocenters. The number of hydrogen-bond acceptors (Lipinski definition) is 4. The molecule has 0 aliphatic rings. The van der Waals surface area contributed by atoms with E-state index in [1.807, 2.05) is 0 Å². The standard InChI is InChI=1S/C24H22N4/c1-27(2)20-14-11-16-10-13-19-23(21(16)24(20)28(3)4)26-18-12-9-15-7-5-6-8-17(15)22(18)25-19/h5-14H,1-4H3. The number of fused-ring (bicyclic) bond motifs is 6. The highest BCUT2D eigenvalue weighted by Gasteiger charge is 2.16. The van der Waals surface area contributed by atoms with Crippen molar-refractivity contribution >= 4 is 55.0 Å². The molecule has 5 aromatic rings. The molecule has 1 heterocycles. The van der Waals surface area contributed by atoms with Crippen molar-refractivity contribution in [3.63, 3.8) is 0 Å². The van der Waals surface area contributed by atoms with E-state index in [0.717, 1.165) is 32.8 Å². The number of benzene rings is 4. The second kappa shape index (κ2) is 6.06. The van der Waals surface area contributed by atoms with Crippen LogP contribution in [0.5, 0.6) is 0 Å². The van der Waals surface area contributed by atoms with E-state index in [9.17, 15) is 0 Å². The van der Waals surface area contributed by atoms with Gasteiger partial charge in [-0.15, -0.1) is 0 Å². The van der Waals surface area contributed by atoms with Crippen LogP contribution >= 0.6 is 0 Å². The van der Waals surface area contributed by atoms with Gasteiger partial charge >= 0.3 is 0 Å². The first kappa shape index (κ1) is 16.8. The minimum atomic E-state index is 0.926. The van der Waals surface area contributed by atoms with Gasteiger partial charge < -0.3 is 9.80 Å². The van der Waals surface area contributed by atoms with Crippen LogP contribution in [0.4, 0.5) is 11.4 Å². The molecular weight excluding hydrogens is 344 g/mol. The zero-order valence-electron chi connectivity index (χ0n) is 16.6. The quantitative estimate of drug-likeness (QED) is 0.317. The molecule has 0 unspecified atom stereocenters. The highest BCUT2D eigenvalue weighted by atomic mass is 15.1. The Hall–Kier alpha value is -3.40. The fraction of sp³-hybridized carbons (Fsp3) is 0.167. The van der Waals surface area contributed by atoms with Gasteiger partial charge in [0.1, 0.15) is 0 Å². The van der Waals surface area contributed by atoms with Gasteiger partial charge in [0.15, 0.2) is 0 Å². The highest BCUT2D eigenvalue weighted by molar-refractivity contribution is 6.16. The van der Waals surface area contributed by atoms with Crippen molar-refractivity contribution < 1.29 is 0 Å². The molecule has 0 amide bonds. The zero-order valence-corrected chi connectivity index (χ0v) is 16.6. The molecule has 0 N–H and O–H groups in total. The number of aromatic nitrogens is 2. The van der Waals surface area contributed by atoms with Crippen LogP contribution in [0.15, 0.2) is 60.7 Å². The van der Waals surface area contributed by atoms with Gasteiger partial charge in [-0.05, 0) is 29.0 Å². The fourth-order valence-corrected chi connectivity index (χ4v) is 4.07. The van der Waals surface area contributed by atoms with E-state index in [0.29, 0.717) is 0 Å². The summed E-state index contributed by atoms with van der Waals surface area (Å²) in [5, 5.41) is 4.66. The van der Waals surface area contributed by atoms with Crippen LogP contribution in [0.2, 0.25) is 0 Å². The van der Waals surface area contributed by atoms with Gasteiger partial charge in [0.2, 0.25) is 0 Å². The lowest BCUT2D eigenvalue weighted by Crippen LogP contribution is -2.17. The van der Waals surface area contributed by atoms with Crippen molar-refractivity contribution in [2.45, 2.75) is 0 Å². The van der Waals surface area contributed by atoms with Crippen LogP contribution in [-0.4, -0.2) is 38.2 Å². The second-order valence-corrected chi connectivity index (χ2v) is 7.63. The maximum absolute atomic E-state index is 5.09. The van der Waals surface area contributed by atoms with Crippen LogP contribution in [0.1, 0.15) is 0 Å². The summed E-state index contributed by atoms with van der Waals surface area (Å²) in [7, 11) is 8.32. The molecule has 0 bridgehead atoms. The van der Waals surface area contributed by atoms with Gasteiger partial charge in [-0.25, -0.2) is 9.97 Å². The van der Waals surface area contributed by atoms with Crippen molar-refractivity contribution in [1.29, 1.82) is 0 Å². The number of anilines is 2. The lowest BCUT2D eigenvalue weighted by Gasteiger charge is -2.25. The summed E-state index contributed by atoms with van der Waals surface area (Å²) in [6.45, 7) is 0. The molecule has 4 nitrogen and oxygen atoms in total. The summed E-state index contributed by atoms with van der Waals surface area (Å²) in [6, 6.07) is 21.1. The maximum Gasteiger partial charge on any atom is 0.0994 e. The van der Waals surface area contributed by atoms with E-state index in [1.165, 1.54) is 22.1 Å². The monoisotopic (exact) mass is 366 g/mol. The summed E-state index contributed by atoms with van der Waals surface area (Å²) < 4.78 is 0. The van der Waals surface area contributed by atoms with E-state index < -0.39 is 0 Å². The van der Waals surface area contributed by atoms with Gasteiger partial charge in [-0.3, -0.25) is 0 Å². The number of hydrogen-bond donors (Lipinski definition) is 0. The van der Waals surface area contributed by atoms with Gasteiger partial charge in [0.25, 0.3) is 0 Å². The third kappa shape index (κ3) is 2.38. The van der Waals surface area contributed by atoms with E-state index in [1.54, 1.807) is 0 Å². The second-order valence-electron chi connectivity index (χ2n) is 7.63. The lowest BCUT2D eigenvalue weighted by atomic mass is 10.0. The number of rotatable bonds is 2. The van der Waals surface area contributed by atoms with Crippen molar-refractivity contribution in [3.05, 3.63) is 60.7 Å². The van der Waals surface area contributed by atoms with Crippen LogP contribution in [-0.2, 0) is 0 Å². The van der Waals surface area contributed by atoms with Gasteiger partial charge in [0.05, 0.1) is 33.4 Å². The molecule has 5 rings (SSSR count). The molecule has 4 heteroatoms. The minimum Gasteiger partial charge on any atom is -0.376 e. The first-order valence-corrected chi connectivity index (χ1v) is 9.44. The first-order chi connectivity index (χ1) is 13.5. The molecule has 0 spiro atoms. The zero-order chi connectivity index (χ0) is 19.4. The molecule has 0 aliphatic heterocycles. The molecular formula is C24H22N4. The Morgan fingerprint density at radius 1 is 0.607 bits per heavy atom. The fourth-order valence-electron chi connectivity index (χ4n) is 4.07. The Balaban J connectivity index is 1.97. The van der Waals surface area contributed by atoms with E-state index in [2.05, 4.69) is 98.7 Å². The molecule has 4 aromatic carbocycles. The molecule has 0 aliphatic carbocycles. The Morgan fingerprint density at radius 3 is 2.00 bits per heavy atom. The van der Waals surface area contributed by atoms with Crippen LogP contribution in [0, 0.1) is 0 Å². The predicted molar refractivity (Wildman–Crippen MR) is 121 cm³/mol. The van der Waals surface area contributed by atoms with E-state index in [4.69, 9.17) is 9.97 Å². The topological polar surface area (TPSA) is 32.3 Å². The molecule has 138 valence electrons. The molecule has 0 saturated heterocycles. The van der Waals surface area contributed by atoms with Crippen LogP contribution in [0.25, 0.3) is 43.6 Å². The Kier molecular flexibility index (Phi) is 3.63. The summed E-state index contributed by atoms with van der Waals surface area (Å²) in [5.74, 6) is 0. The average molecular weight is 366 g/mol. The lowest BCUT2D eigenvalue weighted by molar-refractivity contribution is 1.08. The van der Waals surface area contributed by atoms with E-state index in [-0.39, 0.29) is 0 Å². The third-order valence-corrected chi connectivity index (χ3v) is 5.36. The summed E-state index contributed by atoms with van der Waals surface area (Å²) in [5.41, 5.74) is 6.11. The largest absolute Gasteiger partial charge is 0.376 e. The van der Waals surface area contributed by atoms with Crippen molar-refractivity contribution in [2.75, 3.05) is 38.0 Å². The Morgan fingerprint density at radius 2 is 1.25 bits per heavy atom. The van der Waals surface area contributed by atoms with Crippen molar-refractivity contribution in [2.24, 2.45) is 0 Å². The van der Waals surface area contributed by atoms with Crippen molar-refractivity contribution in [3.8, 4) is 0 Å². The molecule has 0 radical (unpaired) electrons. The van der Waals surface area contributed by atoms with Gasteiger partial charge in [0, 0.05) is 39.0 Å². The maximum atomic E-state index is 5.09. The highest BCUT2D eigenvalue weighted by Crippen LogP contribution is 2.39. The molecule has 0 fully saturated rings. The number of nitrogens with zero attached hydrogens (tertiary/aromatic N) is 4. The third-order valence-electron chi connectivity index (χ3n) is 5.36.